The lowest BCUT2D eigenvalue weighted by Crippen LogP contribution is -2.56. The molecule has 0 unspecified atom stereocenters. The first-order valence-corrected chi connectivity index (χ1v) is 12.1. The highest BCUT2D eigenvalue weighted by Gasteiger charge is 2.54. The lowest BCUT2D eigenvalue weighted by molar-refractivity contribution is -0.00112. The monoisotopic (exact) mass is 522 g/mol. The molecule has 39 heavy (non-hydrogen) atoms. The average molecular weight is 523 g/mol. The molecule has 0 aliphatic rings. The van der Waals surface area contributed by atoms with Gasteiger partial charge in [-0.3, -0.25) is 19.2 Å². The van der Waals surface area contributed by atoms with E-state index in [1.807, 2.05) is 0 Å². The minimum atomic E-state index is -2.69. The summed E-state index contributed by atoms with van der Waals surface area (Å²) in [7, 11) is 2.96. The number of hydrogen-bond acceptors (Lipinski definition) is 7. The molecule has 0 radical (unpaired) electrons. The maximum atomic E-state index is 14.2. The van der Waals surface area contributed by atoms with E-state index in [1.165, 1.54) is 74.9 Å². The molecule has 4 aromatic rings. The molecule has 4 rings (SSSR count). The van der Waals surface area contributed by atoms with Gasteiger partial charge in [-0.1, -0.05) is 60.7 Å². The van der Waals surface area contributed by atoms with Crippen LogP contribution in [0.3, 0.4) is 0 Å². The molecule has 0 N–H and O–H groups in total. The zero-order valence-corrected chi connectivity index (χ0v) is 21.5. The fourth-order valence-corrected chi connectivity index (χ4v) is 4.07. The van der Waals surface area contributed by atoms with Crippen molar-refractivity contribution < 1.29 is 33.4 Å². The van der Waals surface area contributed by atoms with Crippen molar-refractivity contribution in [2.24, 2.45) is 0 Å². The summed E-state index contributed by atoms with van der Waals surface area (Å²) in [4.78, 5) is 55.7. The van der Waals surface area contributed by atoms with Crippen LogP contribution in [0.25, 0.3) is 0 Å². The average Bonchev–Trinajstić information content (AvgIpc) is 3.01. The molecule has 0 spiro atoms. The van der Waals surface area contributed by atoms with Gasteiger partial charge in [-0.2, -0.15) is 0 Å². The zero-order chi connectivity index (χ0) is 27.8. The first-order chi connectivity index (χ1) is 18.9. The minimum Gasteiger partial charge on any atom is -0.497 e. The molecule has 0 amide bonds. The number of rotatable bonds is 12. The van der Waals surface area contributed by atoms with Crippen molar-refractivity contribution in [2.45, 2.75) is 5.60 Å². The first kappa shape index (κ1) is 27.2. The van der Waals surface area contributed by atoms with Crippen molar-refractivity contribution in [3.63, 3.8) is 0 Å². The van der Waals surface area contributed by atoms with Crippen LogP contribution in [-0.2, 0) is 4.74 Å². The second-order valence-corrected chi connectivity index (χ2v) is 8.57. The van der Waals surface area contributed by atoms with Crippen molar-refractivity contribution >= 4 is 23.1 Å². The van der Waals surface area contributed by atoms with Crippen LogP contribution in [0.15, 0.2) is 109 Å². The maximum Gasteiger partial charge on any atom is 0.257 e. The number of carbonyl (C=O) groups is 4. The molecule has 0 aliphatic carbocycles. The van der Waals surface area contributed by atoms with Crippen molar-refractivity contribution in [3.05, 3.63) is 131 Å². The fourth-order valence-electron chi connectivity index (χ4n) is 4.07. The third-order valence-corrected chi connectivity index (χ3v) is 6.22. The van der Waals surface area contributed by atoms with E-state index in [0.29, 0.717) is 17.1 Å². The number of hydrogen-bond donors (Lipinski definition) is 0. The molecular formula is C32H26O7. The van der Waals surface area contributed by atoms with E-state index in [9.17, 15) is 19.2 Å². The van der Waals surface area contributed by atoms with Gasteiger partial charge in [-0.05, 0) is 48.5 Å². The van der Waals surface area contributed by atoms with Crippen molar-refractivity contribution in [1.29, 1.82) is 0 Å². The van der Waals surface area contributed by atoms with Crippen LogP contribution < -0.4 is 9.47 Å². The highest BCUT2D eigenvalue weighted by Crippen LogP contribution is 2.30. The first-order valence-electron chi connectivity index (χ1n) is 12.1. The summed E-state index contributed by atoms with van der Waals surface area (Å²) in [6, 6.07) is 28.1. The minimum absolute atomic E-state index is 0.0362. The molecule has 0 saturated carbocycles. The van der Waals surface area contributed by atoms with E-state index in [4.69, 9.17) is 14.2 Å². The van der Waals surface area contributed by atoms with Gasteiger partial charge in [0.2, 0.25) is 17.3 Å². The Hall–Kier alpha value is -4.88. The molecule has 0 aliphatic heterocycles. The number of benzene rings is 4. The summed E-state index contributed by atoms with van der Waals surface area (Å²) < 4.78 is 16.3. The Morgan fingerprint density at radius 2 is 0.872 bits per heavy atom. The van der Waals surface area contributed by atoms with Crippen LogP contribution in [0.5, 0.6) is 11.5 Å². The summed E-state index contributed by atoms with van der Waals surface area (Å²) in [5, 5.41) is 0. The smallest absolute Gasteiger partial charge is 0.257 e. The molecule has 7 heteroatoms. The van der Waals surface area contributed by atoms with Crippen LogP contribution in [-0.4, -0.2) is 49.6 Å². The van der Waals surface area contributed by atoms with Gasteiger partial charge in [-0.15, -0.1) is 0 Å². The molecular weight excluding hydrogens is 496 g/mol. The normalized spacial score (nSPS) is 10.9. The van der Waals surface area contributed by atoms with E-state index in [1.54, 1.807) is 48.5 Å². The van der Waals surface area contributed by atoms with Crippen molar-refractivity contribution in [2.75, 3.05) is 20.8 Å². The zero-order valence-electron chi connectivity index (χ0n) is 21.5. The summed E-state index contributed by atoms with van der Waals surface area (Å²) in [5.41, 5.74) is -2.22. The van der Waals surface area contributed by atoms with Crippen LogP contribution in [0.1, 0.15) is 41.4 Å². The highest BCUT2D eigenvalue weighted by atomic mass is 16.5. The Bertz CT molecular complexity index is 1400. The second kappa shape index (κ2) is 12.1. The van der Waals surface area contributed by atoms with E-state index in [-0.39, 0.29) is 16.7 Å². The van der Waals surface area contributed by atoms with Gasteiger partial charge in [0, 0.05) is 22.3 Å². The largest absolute Gasteiger partial charge is 0.497 e. The van der Waals surface area contributed by atoms with Crippen molar-refractivity contribution in [1.82, 2.24) is 0 Å². The third kappa shape index (κ3) is 5.68. The molecule has 0 bridgehead atoms. The molecule has 0 atom stereocenters. The maximum absolute atomic E-state index is 14.2. The lowest BCUT2D eigenvalue weighted by atomic mass is 9.79. The van der Waals surface area contributed by atoms with Crippen molar-refractivity contribution in [3.8, 4) is 11.5 Å². The third-order valence-electron chi connectivity index (χ3n) is 6.22. The Morgan fingerprint density at radius 3 is 1.26 bits per heavy atom. The number of carbonyl (C=O) groups excluding carboxylic acids is 4. The van der Waals surface area contributed by atoms with E-state index >= 15 is 0 Å². The van der Waals surface area contributed by atoms with Crippen LogP contribution in [0.2, 0.25) is 0 Å². The molecule has 0 fully saturated rings. The second-order valence-electron chi connectivity index (χ2n) is 8.57. The van der Waals surface area contributed by atoms with Crippen LogP contribution in [0.4, 0.5) is 0 Å². The number of ketones is 4. The Morgan fingerprint density at radius 1 is 0.513 bits per heavy atom. The van der Waals surface area contributed by atoms with E-state index < -0.39 is 35.3 Å². The standard InChI is InChI=1S/C32H26O7/c1-37-26-17-13-24(14-18-26)30(35)32(29(34)23-11-7-4-8-12-23,31(36)25-15-19-27(38-2)20-16-25)39-21-28(33)22-9-5-3-6-10-22/h3-20H,21H2,1-2H3. The highest BCUT2D eigenvalue weighted by molar-refractivity contribution is 6.39. The molecule has 0 aromatic heterocycles. The van der Waals surface area contributed by atoms with E-state index in [0.717, 1.165) is 0 Å². The van der Waals surface area contributed by atoms with Gasteiger partial charge in [0.05, 0.1) is 14.2 Å². The molecule has 196 valence electrons. The molecule has 4 aromatic carbocycles. The number of ether oxygens (including phenoxy) is 3. The quantitative estimate of drug-likeness (QED) is 0.184. The summed E-state index contributed by atoms with van der Waals surface area (Å²) in [6.07, 6.45) is 0. The molecule has 0 saturated heterocycles. The summed E-state index contributed by atoms with van der Waals surface area (Å²) in [6.45, 7) is -0.688. The predicted molar refractivity (Wildman–Crippen MR) is 145 cm³/mol. The SMILES string of the molecule is COc1ccc(C(=O)C(OCC(=O)c2ccccc2)(C(=O)c2ccccc2)C(=O)c2ccc(OC)cc2)cc1. The Kier molecular flexibility index (Phi) is 8.43. The van der Waals surface area contributed by atoms with Gasteiger partial charge in [-0.25, -0.2) is 0 Å². The summed E-state index contributed by atoms with van der Waals surface area (Å²) in [5.74, 6) is -2.22. The number of methoxy groups -OCH3 is 2. The topological polar surface area (TPSA) is 96.0 Å². The Balaban J connectivity index is 1.88. The van der Waals surface area contributed by atoms with Crippen LogP contribution in [0, 0.1) is 0 Å². The van der Waals surface area contributed by atoms with Crippen LogP contribution >= 0.6 is 0 Å². The van der Waals surface area contributed by atoms with Gasteiger partial charge < -0.3 is 14.2 Å². The van der Waals surface area contributed by atoms with Gasteiger partial charge in [0.15, 0.2) is 5.78 Å². The number of Topliss-reactive ketones (excluding diaryl/α,β-unsaturated/α-hetero) is 4. The lowest BCUT2D eigenvalue weighted by Gasteiger charge is -2.30. The Labute approximate surface area is 226 Å². The predicted octanol–water partition coefficient (Wildman–Crippen LogP) is 5.29. The van der Waals surface area contributed by atoms with E-state index in [2.05, 4.69) is 0 Å². The fraction of sp³-hybridized carbons (Fsp3) is 0.125. The molecule has 7 nitrogen and oxygen atoms in total. The summed E-state index contributed by atoms with van der Waals surface area (Å²) >= 11 is 0. The van der Waals surface area contributed by atoms with Gasteiger partial charge in [0.1, 0.15) is 18.1 Å². The molecule has 0 heterocycles. The van der Waals surface area contributed by atoms with Gasteiger partial charge in [0.25, 0.3) is 5.60 Å². The van der Waals surface area contributed by atoms with Gasteiger partial charge >= 0.3 is 0 Å².